The van der Waals surface area contributed by atoms with Crippen molar-refractivity contribution in [2.75, 3.05) is 12.4 Å². The average molecular weight is 363 g/mol. The van der Waals surface area contributed by atoms with E-state index >= 15 is 0 Å². The van der Waals surface area contributed by atoms with Crippen molar-refractivity contribution in [3.8, 4) is 17.1 Å². The number of hydrogen-bond acceptors (Lipinski definition) is 5. The molecule has 2 N–H and O–H groups in total. The highest BCUT2D eigenvalue weighted by molar-refractivity contribution is 5.68. The van der Waals surface area contributed by atoms with E-state index in [-0.39, 0.29) is 0 Å². The van der Waals surface area contributed by atoms with Crippen molar-refractivity contribution in [2.45, 2.75) is 39.7 Å². The third-order valence-corrected chi connectivity index (χ3v) is 5.14. The molecule has 3 aromatic rings. The number of ether oxygens (including phenoxy) is 1. The zero-order chi connectivity index (χ0) is 18.9. The Hall–Kier alpha value is -2.89. The Labute approximate surface area is 159 Å². The van der Waals surface area contributed by atoms with E-state index in [9.17, 15) is 0 Å². The molecule has 0 aromatic carbocycles. The monoisotopic (exact) mass is 363 g/mol. The largest absolute Gasteiger partial charge is 0.481 e. The molecule has 0 fully saturated rings. The fourth-order valence-corrected chi connectivity index (χ4v) is 3.62. The van der Waals surface area contributed by atoms with E-state index < -0.39 is 0 Å². The molecule has 27 heavy (non-hydrogen) atoms. The lowest BCUT2D eigenvalue weighted by Gasteiger charge is -2.29. The van der Waals surface area contributed by atoms with E-state index in [1.54, 1.807) is 13.3 Å². The van der Waals surface area contributed by atoms with Crippen molar-refractivity contribution >= 4 is 5.82 Å². The molecule has 0 atom stereocenters. The Morgan fingerprint density at radius 2 is 2.19 bits per heavy atom. The molecule has 0 bridgehead atoms. The van der Waals surface area contributed by atoms with Gasteiger partial charge >= 0.3 is 0 Å². The van der Waals surface area contributed by atoms with Crippen molar-refractivity contribution in [3.05, 3.63) is 53.5 Å². The maximum Gasteiger partial charge on any atom is 0.215 e. The van der Waals surface area contributed by atoms with Crippen molar-refractivity contribution in [2.24, 2.45) is 5.41 Å². The number of nitrogens with one attached hydrogen (secondary N) is 2. The number of anilines is 1. The minimum Gasteiger partial charge on any atom is -0.481 e. The Balaban J connectivity index is 1.63. The lowest BCUT2D eigenvalue weighted by Crippen LogP contribution is -2.21. The molecule has 3 aromatic heterocycles. The molecule has 0 saturated heterocycles. The van der Waals surface area contributed by atoms with Crippen LogP contribution in [-0.2, 0) is 19.4 Å². The van der Waals surface area contributed by atoms with Gasteiger partial charge in [-0.25, -0.2) is 0 Å². The quantitative estimate of drug-likeness (QED) is 0.716. The summed E-state index contributed by atoms with van der Waals surface area (Å²) < 4.78 is 5.42. The molecule has 0 spiro atoms. The van der Waals surface area contributed by atoms with E-state index in [0.717, 1.165) is 35.5 Å². The molecule has 1 aliphatic carbocycles. The van der Waals surface area contributed by atoms with E-state index in [0.29, 0.717) is 17.8 Å². The number of H-pyrrole nitrogens is 1. The fourth-order valence-electron chi connectivity index (χ4n) is 3.62. The number of fused-ring (bicyclic) bond motifs is 1. The van der Waals surface area contributed by atoms with Crippen molar-refractivity contribution in [1.29, 1.82) is 0 Å². The molecule has 3 heterocycles. The Kier molecular flexibility index (Phi) is 4.56. The summed E-state index contributed by atoms with van der Waals surface area (Å²) in [5.74, 6) is 1.34. The van der Waals surface area contributed by atoms with Gasteiger partial charge in [-0.1, -0.05) is 19.9 Å². The molecule has 0 saturated carbocycles. The Morgan fingerprint density at radius 1 is 1.30 bits per heavy atom. The number of nitrogens with zero attached hydrogens (tertiary/aromatic N) is 3. The number of rotatable bonds is 5. The predicted octanol–water partition coefficient (Wildman–Crippen LogP) is 4.00. The first-order chi connectivity index (χ1) is 13.0. The summed E-state index contributed by atoms with van der Waals surface area (Å²) in [6, 6.07) is 7.95. The van der Waals surface area contributed by atoms with Crippen molar-refractivity contribution in [3.63, 3.8) is 0 Å². The topological polar surface area (TPSA) is 75.7 Å². The second-order valence-corrected chi connectivity index (χ2v) is 7.87. The first kappa shape index (κ1) is 17.5. The standard InChI is InChI=1S/C21H25N5O/c1-21(2)7-6-16-17(11-21)25-26-20(16)15-9-18(24-19(10-15)27-3)23-13-14-5-4-8-22-12-14/h4-5,8-10,12H,6-7,11,13H2,1-3H3,(H,23,24)(H,25,26). The summed E-state index contributed by atoms with van der Waals surface area (Å²) >= 11 is 0. The summed E-state index contributed by atoms with van der Waals surface area (Å²) in [6.07, 6.45) is 6.86. The average Bonchev–Trinajstić information content (AvgIpc) is 3.08. The molecule has 0 amide bonds. The smallest absolute Gasteiger partial charge is 0.215 e. The van der Waals surface area contributed by atoms with Crippen LogP contribution in [0.4, 0.5) is 5.82 Å². The van der Waals surface area contributed by atoms with E-state index in [4.69, 9.17) is 4.74 Å². The van der Waals surface area contributed by atoms with Crippen LogP contribution in [0.25, 0.3) is 11.3 Å². The maximum absolute atomic E-state index is 5.42. The number of hydrogen-bond donors (Lipinski definition) is 2. The second kappa shape index (κ2) is 7.02. The van der Waals surface area contributed by atoms with Crippen LogP contribution in [0.1, 0.15) is 37.1 Å². The number of aromatic nitrogens is 4. The van der Waals surface area contributed by atoms with Gasteiger partial charge in [0.05, 0.1) is 12.8 Å². The molecule has 4 rings (SSSR count). The van der Waals surface area contributed by atoms with Gasteiger partial charge in [-0.3, -0.25) is 10.1 Å². The summed E-state index contributed by atoms with van der Waals surface area (Å²) in [4.78, 5) is 8.67. The lowest BCUT2D eigenvalue weighted by molar-refractivity contribution is 0.312. The highest BCUT2D eigenvalue weighted by Crippen LogP contribution is 2.38. The van der Waals surface area contributed by atoms with Gasteiger partial charge in [0, 0.05) is 41.8 Å². The summed E-state index contributed by atoms with van der Waals surface area (Å²) in [6.45, 7) is 5.28. The molecule has 1 aliphatic rings. The van der Waals surface area contributed by atoms with Gasteiger partial charge < -0.3 is 10.1 Å². The number of aromatic amines is 1. The molecular weight excluding hydrogens is 338 g/mol. The molecule has 140 valence electrons. The van der Waals surface area contributed by atoms with Crippen LogP contribution >= 0.6 is 0 Å². The van der Waals surface area contributed by atoms with Gasteiger partial charge in [-0.15, -0.1) is 0 Å². The van der Waals surface area contributed by atoms with Crippen LogP contribution in [0.3, 0.4) is 0 Å². The van der Waals surface area contributed by atoms with Crippen LogP contribution in [-0.4, -0.2) is 27.3 Å². The molecule has 0 radical (unpaired) electrons. The van der Waals surface area contributed by atoms with Crippen molar-refractivity contribution < 1.29 is 4.74 Å². The third kappa shape index (κ3) is 3.79. The highest BCUT2D eigenvalue weighted by atomic mass is 16.5. The summed E-state index contributed by atoms with van der Waals surface area (Å²) in [5.41, 5.74) is 6.02. The molecule has 6 nitrogen and oxygen atoms in total. The normalized spacial score (nSPS) is 15.2. The second-order valence-electron chi connectivity index (χ2n) is 7.87. The van der Waals surface area contributed by atoms with Crippen LogP contribution in [0.15, 0.2) is 36.7 Å². The van der Waals surface area contributed by atoms with Crippen molar-refractivity contribution in [1.82, 2.24) is 20.2 Å². The molecular formula is C21H25N5O. The van der Waals surface area contributed by atoms with Gasteiger partial charge in [0.2, 0.25) is 5.88 Å². The molecule has 6 heteroatoms. The van der Waals surface area contributed by atoms with Gasteiger partial charge in [0.1, 0.15) is 5.82 Å². The Bertz CT molecular complexity index is 933. The summed E-state index contributed by atoms with van der Waals surface area (Å²) in [5, 5.41) is 11.2. The highest BCUT2D eigenvalue weighted by Gasteiger charge is 2.29. The minimum absolute atomic E-state index is 0.323. The van der Waals surface area contributed by atoms with Gasteiger partial charge in [0.15, 0.2) is 0 Å². The first-order valence-corrected chi connectivity index (χ1v) is 9.29. The van der Waals surface area contributed by atoms with E-state index in [1.165, 1.54) is 17.7 Å². The van der Waals surface area contributed by atoms with E-state index in [1.807, 2.05) is 30.5 Å². The SMILES string of the molecule is COc1cc(-c2n[nH]c3c2CCC(C)(C)C3)cc(NCc2cccnc2)n1. The minimum atomic E-state index is 0.323. The predicted molar refractivity (Wildman–Crippen MR) is 106 cm³/mol. The number of methoxy groups -OCH3 is 1. The zero-order valence-electron chi connectivity index (χ0n) is 16.0. The third-order valence-electron chi connectivity index (χ3n) is 5.14. The first-order valence-electron chi connectivity index (χ1n) is 9.29. The molecule has 0 aliphatic heterocycles. The van der Waals surface area contributed by atoms with E-state index in [2.05, 4.69) is 39.3 Å². The maximum atomic E-state index is 5.42. The summed E-state index contributed by atoms with van der Waals surface area (Å²) in [7, 11) is 1.64. The van der Waals surface area contributed by atoms with Crippen LogP contribution < -0.4 is 10.1 Å². The number of pyridine rings is 2. The van der Waals surface area contributed by atoms with Gasteiger partial charge in [-0.05, 0) is 42.4 Å². The zero-order valence-corrected chi connectivity index (χ0v) is 16.0. The van der Waals surface area contributed by atoms with Crippen LogP contribution in [0, 0.1) is 5.41 Å². The fraction of sp³-hybridized carbons (Fsp3) is 0.381. The van der Waals surface area contributed by atoms with Gasteiger partial charge in [-0.2, -0.15) is 10.1 Å². The van der Waals surface area contributed by atoms with Gasteiger partial charge in [0.25, 0.3) is 0 Å². The Morgan fingerprint density at radius 3 is 2.96 bits per heavy atom. The van der Waals surface area contributed by atoms with Crippen LogP contribution in [0.5, 0.6) is 5.88 Å². The molecule has 0 unspecified atom stereocenters. The van der Waals surface area contributed by atoms with Crippen LogP contribution in [0.2, 0.25) is 0 Å². The lowest BCUT2D eigenvalue weighted by atomic mass is 9.76.